The van der Waals surface area contributed by atoms with Crippen molar-refractivity contribution in [2.45, 2.75) is 0 Å². The molecular weight excluding hydrogens is 621 g/mol. The van der Waals surface area contributed by atoms with Gasteiger partial charge in [0.2, 0.25) is 12.0 Å². The minimum Gasteiger partial charge on any atom is -0.507 e. The van der Waals surface area contributed by atoms with Crippen LogP contribution in [0.3, 0.4) is 0 Å². The first-order chi connectivity index (χ1) is 24.2. The number of aliphatic hydroxyl groups is 1. The van der Waals surface area contributed by atoms with Crippen LogP contribution in [0.1, 0.15) is 5.56 Å². The Kier molecular flexibility index (Phi) is 5.97. The molecule has 2 aliphatic heterocycles. The second kappa shape index (κ2) is 10.1. The lowest BCUT2D eigenvalue weighted by molar-refractivity contribution is 0.434. The van der Waals surface area contributed by atoms with Crippen LogP contribution in [0, 0.1) is 22.7 Å². The van der Waals surface area contributed by atoms with E-state index in [0.717, 1.165) is 65.3 Å². The SMILES string of the molecule is CN1CN(C)c2c3cccc(N)c3c(C3=C(O)/C(=c4/c5ccccc5c5c6c(cccc46)N(C)C[N+]=5C)C3=C(C#N)C#N)c3c(N)ccc1c23. The summed E-state index contributed by atoms with van der Waals surface area (Å²) < 4.78 is 2.24. The van der Waals surface area contributed by atoms with Gasteiger partial charge in [-0.25, -0.2) is 4.58 Å². The van der Waals surface area contributed by atoms with Crippen LogP contribution >= 0.6 is 0 Å². The standard InChI is InChI=1S/C41H32N8O/c1-46-19-48(3)39-23-10-6-5-9-22(23)31(24-11-8-14-28(46)33(24)39)37-30(21(17-42)18-43)38(41(37)50)36-32-25(12-7-13-26(32)44)40-35-29(47(2)20-49(40)4)16-15-27(45)34(35)36/h5-16H,19-20,44-45H2,1-4H3/p+1. The first kappa shape index (κ1) is 29.4. The van der Waals surface area contributed by atoms with E-state index in [-0.39, 0.29) is 11.3 Å². The van der Waals surface area contributed by atoms with E-state index in [2.05, 4.69) is 63.7 Å². The van der Waals surface area contributed by atoms with Crippen LogP contribution in [0.5, 0.6) is 0 Å². The van der Waals surface area contributed by atoms with Gasteiger partial charge in [-0.3, -0.25) is 0 Å². The summed E-state index contributed by atoms with van der Waals surface area (Å²) >= 11 is 0. The Morgan fingerprint density at radius 2 is 1.36 bits per heavy atom. The molecule has 9 rings (SSSR count). The summed E-state index contributed by atoms with van der Waals surface area (Å²) in [7, 11) is 8.22. The fourth-order valence-corrected chi connectivity index (χ4v) is 8.78. The smallest absolute Gasteiger partial charge is 0.219 e. The highest BCUT2D eigenvalue weighted by Gasteiger charge is 2.40. The van der Waals surface area contributed by atoms with Crippen LogP contribution in [-0.4, -0.2) is 46.6 Å². The third kappa shape index (κ3) is 3.56. The monoisotopic (exact) mass is 653 g/mol. The van der Waals surface area contributed by atoms with E-state index in [1.165, 1.54) is 0 Å². The average Bonchev–Trinajstić information content (AvgIpc) is 3.10. The molecule has 0 fully saturated rings. The molecule has 0 bridgehead atoms. The van der Waals surface area contributed by atoms with Crippen molar-refractivity contribution in [3.05, 3.63) is 106 Å². The number of hydrogen-bond acceptors (Lipinski definition) is 8. The Bertz CT molecular complexity index is 2870. The molecule has 6 aromatic carbocycles. The van der Waals surface area contributed by atoms with Crippen molar-refractivity contribution in [2.75, 3.05) is 67.7 Å². The number of nitriles is 2. The summed E-state index contributed by atoms with van der Waals surface area (Å²) in [5.41, 5.74) is 19.6. The van der Waals surface area contributed by atoms with E-state index in [4.69, 9.17) is 11.5 Å². The van der Waals surface area contributed by atoms with Crippen LogP contribution in [0.2, 0.25) is 0 Å². The van der Waals surface area contributed by atoms with Gasteiger partial charge in [0.1, 0.15) is 30.5 Å². The Labute approximate surface area is 288 Å². The van der Waals surface area contributed by atoms with Gasteiger partial charge in [-0.1, -0.05) is 42.5 Å². The molecule has 6 aromatic rings. The number of anilines is 5. The molecule has 0 radical (unpaired) electrons. The molecule has 50 heavy (non-hydrogen) atoms. The van der Waals surface area contributed by atoms with Gasteiger partial charge in [0.05, 0.1) is 28.8 Å². The highest BCUT2D eigenvalue weighted by molar-refractivity contribution is 6.31. The number of nitrogens with zero attached hydrogens (tertiary/aromatic N) is 6. The van der Waals surface area contributed by atoms with E-state index in [9.17, 15) is 15.6 Å². The summed E-state index contributed by atoms with van der Waals surface area (Å²) in [4.78, 5) is 6.54. The number of nitrogens with two attached hydrogens (primary N) is 2. The van der Waals surface area contributed by atoms with Crippen molar-refractivity contribution < 1.29 is 5.11 Å². The number of aliphatic hydroxyl groups excluding tert-OH is 1. The van der Waals surface area contributed by atoms with Crippen LogP contribution in [0.4, 0.5) is 28.4 Å². The number of allylic oxidation sites excluding steroid dienone is 3. The molecule has 0 aromatic heterocycles. The maximum Gasteiger partial charge on any atom is 0.219 e. The average molecular weight is 654 g/mol. The van der Waals surface area contributed by atoms with Crippen molar-refractivity contribution in [1.82, 2.24) is 4.58 Å². The zero-order valence-electron chi connectivity index (χ0n) is 28.1. The topological polar surface area (TPSA) is 133 Å². The van der Waals surface area contributed by atoms with E-state index in [1.54, 1.807) is 0 Å². The van der Waals surface area contributed by atoms with Crippen LogP contribution in [0.25, 0.3) is 54.2 Å². The van der Waals surface area contributed by atoms with E-state index in [1.807, 2.05) is 68.7 Å². The number of fused-ring (bicyclic) bond motifs is 4. The molecule has 0 saturated heterocycles. The lowest BCUT2D eigenvalue weighted by Crippen LogP contribution is -2.42. The van der Waals surface area contributed by atoms with Gasteiger partial charge in [-0.2, -0.15) is 10.5 Å². The minimum atomic E-state index is -0.0949. The normalized spacial score (nSPS) is 16.4. The van der Waals surface area contributed by atoms with Crippen molar-refractivity contribution in [3.8, 4) is 12.1 Å². The quantitative estimate of drug-likeness (QED) is 0.0942. The third-order valence-corrected chi connectivity index (χ3v) is 10.7. The second-order valence-corrected chi connectivity index (χ2v) is 13.5. The Morgan fingerprint density at radius 1 is 0.700 bits per heavy atom. The molecule has 3 aliphatic rings. The van der Waals surface area contributed by atoms with E-state index in [0.29, 0.717) is 52.4 Å². The van der Waals surface area contributed by atoms with Crippen molar-refractivity contribution >= 4 is 82.7 Å². The highest BCUT2D eigenvalue weighted by Crippen LogP contribution is 2.56. The molecule has 9 nitrogen and oxygen atoms in total. The summed E-state index contributed by atoms with van der Waals surface area (Å²) in [6.45, 7) is 1.37. The molecule has 9 heteroatoms. The first-order valence-electron chi connectivity index (χ1n) is 16.4. The van der Waals surface area contributed by atoms with Gasteiger partial charge < -0.3 is 31.3 Å². The van der Waals surface area contributed by atoms with E-state index < -0.39 is 0 Å². The van der Waals surface area contributed by atoms with Crippen LogP contribution < -0.4 is 41.3 Å². The van der Waals surface area contributed by atoms with Crippen molar-refractivity contribution in [1.29, 1.82) is 10.5 Å². The lowest BCUT2D eigenvalue weighted by Gasteiger charge is -2.38. The molecule has 0 spiro atoms. The summed E-state index contributed by atoms with van der Waals surface area (Å²) in [6.07, 6.45) is 0. The summed E-state index contributed by atoms with van der Waals surface area (Å²) in [5.74, 6) is -0.00597. The fourth-order valence-electron chi connectivity index (χ4n) is 8.78. The zero-order valence-corrected chi connectivity index (χ0v) is 28.1. The molecule has 242 valence electrons. The predicted octanol–water partition coefficient (Wildman–Crippen LogP) is 5.31. The van der Waals surface area contributed by atoms with Gasteiger partial charge >= 0.3 is 0 Å². The Balaban J connectivity index is 1.57. The molecule has 5 N–H and O–H groups in total. The lowest BCUT2D eigenvalue weighted by atomic mass is 9.72. The van der Waals surface area contributed by atoms with Gasteiger partial charge in [0.25, 0.3) is 0 Å². The van der Waals surface area contributed by atoms with Crippen molar-refractivity contribution in [3.63, 3.8) is 0 Å². The van der Waals surface area contributed by atoms with Crippen LogP contribution in [-0.2, 0) is 0 Å². The largest absolute Gasteiger partial charge is 0.507 e. The summed E-state index contributed by atoms with van der Waals surface area (Å²) in [5, 5.41) is 42.7. The second-order valence-electron chi connectivity index (χ2n) is 13.5. The molecule has 0 unspecified atom stereocenters. The Morgan fingerprint density at radius 3 is 2.12 bits per heavy atom. The fraction of sp³-hybridized carbons (Fsp3) is 0.146. The van der Waals surface area contributed by atoms with Gasteiger partial charge in [0.15, 0.2) is 0 Å². The number of nitrogen functional groups attached to an aromatic ring is 2. The first-order valence-corrected chi connectivity index (χ1v) is 16.4. The maximum atomic E-state index is 12.6. The number of hydrogen-bond donors (Lipinski definition) is 3. The predicted molar refractivity (Wildman–Crippen MR) is 204 cm³/mol. The number of rotatable bonds is 1. The molecule has 0 saturated carbocycles. The minimum absolute atomic E-state index is 0.00597. The van der Waals surface area contributed by atoms with Crippen molar-refractivity contribution in [2.24, 2.45) is 0 Å². The maximum absolute atomic E-state index is 12.6. The van der Waals surface area contributed by atoms with Crippen LogP contribution in [0.15, 0.2) is 89.7 Å². The third-order valence-electron chi connectivity index (χ3n) is 10.7. The van der Waals surface area contributed by atoms with Gasteiger partial charge in [-0.05, 0) is 41.1 Å². The molecular formula is C41H33N8O+. The summed E-state index contributed by atoms with van der Waals surface area (Å²) in [6, 6.07) is 28.4. The highest BCUT2D eigenvalue weighted by atomic mass is 16.3. The molecule has 1 aliphatic carbocycles. The number of benzene rings is 6. The molecule has 0 atom stereocenters. The van der Waals surface area contributed by atoms with E-state index >= 15 is 0 Å². The zero-order chi connectivity index (χ0) is 34.7. The van der Waals surface area contributed by atoms with Gasteiger partial charge in [0, 0.05) is 87.3 Å². The molecule has 2 heterocycles. The Hall–Kier alpha value is -6.71. The van der Waals surface area contributed by atoms with Gasteiger partial charge in [-0.15, -0.1) is 0 Å². The molecule has 0 amide bonds.